The molecular formula is C15H26N2O5S. The van der Waals surface area contributed by atoms with Crippen molar-refractivity contribution < 1.29 is 23.3 Å². The SMILES string of the molecule is CCOC(=O)[C@]1(COC)CCCN(C(=O)N[C@H]2CC[S@@](=O)C2)C1. The molecule has 23 heavy (non-hydrogen) atoms. The van der Waals surface area contributed by atoms with Gasteiger partial charge in [-0.1, -0.05) is 0 Å². The molecule has 0 radical (unpaired) electrons. The summed E-state index contributed by atoms with van der Waals surface area (Å²) in [5.41, 5.74) is -0.793. The second-order valence-corrected chi connectivity index (χ2v) is 7.83. The van der Waals surface area contributed by atoms with Crippen molar-refractivity contribution in [2.24, 2.45) is 5.41 Å². The predicted molar refractivity (Wildman–Crippen MR) is 86.6 cm³/mol. The first-order valence-electron chi connectivity index (χ1n) is 8.07. The maximum atomic E-state index is 12.5. The zero-order valence-electron chi connectivity index (χ0n) is 13.8. The van der Waals surface area contributed by atoms with Crippen LogP contribution in [0.4, 0.5) is 4.79 Å². The topological polar surface area (TPSA) is 84.9 Å². The molecular weight excluding hydrogens is 320 g/mol. The number of amides is 2. The molecule has 3 atom stereocenters. The normalized spacial score (nSPS) is 31.0. The van der Waals surface area contributed by atoms with Gasteiger partial charge in [0.25, 0.3) is 0 Å². The van der Waals surface area contributed by atoms with Gasteiger partial charge in [-0.15, -0.1) is 0 Å². The third-order valence-corrected chi connectivity index (χ3v) is 5.87. The Labute approximate surface area is 139 Å². The fourth-order valence-electron chi connectivity index (χ4n) is 3.25. The van der Waals surface area contributed by atoms with Gasteiger partial charge in [0.15, 0.2) is 0 Å². The molecule has 0 aromatic rings. The van der Waals surface area contributed by atoms with Crippen molar-refractivity contribution in [3.63, 3.8) is 0 Å². The lowest BCUT2D eigenvalue weighted by Gasteiger charge is -2.40. The van der Waals surface area contributed by atoms with Gasteiger partial charge < -0.3 is 19.7 Å². The molecule has 0 aromatic heterocycles. The first-order valence-corrected chi connectivity index (χ1v) is 9.56. The van der Waals surface area contributed by atoms with Crippen LogP contribution in [0.3, 0.4) is 0 Å². The van der Waals surface area contributed by atoms with Crippen molar-refractivity contribution in [3.05, 3.63) is 0 Å². The summed E-state index contributed by atoms with van der Waals surface area (Å²) in [6.45, 7) is 3.22. The molecule has 1 N–H and O–H groups in total. The van der Waals surface area contributed by atoms with Gasteiger partial charge in [-0.2, -0.15) is 0 Å². The van der Waals surface area contributed by atoms with Gasteiger partial charge >= 0.3 is 12.0 Å². The Morgan fingerprint density at radius 1 is 1.43 bits per heavy atom. The third-order valence-electron chi connectivity index (χ3n) is 4.40. The summed E-state index contributed by atoms with van der Waals surface area (Å²) >= 11 is 0. The van der Waals surface area contributed by atoms with E-state index in [1.54, 1.807) is 18.9 Å². The third kappa shape index (κ3) is 4.44. The van der Waals surface area contributed by atoms with Crippen LogP contribution < -0.4 is 5.32 Å². The van der Waals surface area contributed by atoms with E-state index in [9.17, 15) is 13.8 Å². The van der Waals surface area contributed by atoms with E-state index in [-0.39, 0.29) is 24.6 Å². The maximum Gasteiger partial charge on any atom is 0.317 e. The van der Waals surface area contributed by atoms with Gasteiger partial charge in [-0.3, -0.25) is 9.00 Å². The highest BCUT2D eigenvalue weighted by Gasteiger charge is 2.45. The first-order chi connectivity index (χ1) is 11.0. The first kappa shape index (κ1) is 18.2. The van der Waals surface area contributed by atoms with Crippen LogP contribution in [0, 0.1) is 5.41 Å². The Hall–Kier alpha value is -1.15. The summed E-state index contributed by atoms with van der Waals surface area (Å²) in [6, 6.07) is -0.233. The number of esters is 1. The van der Waals surface area contributed by atoms with E-state index in [0.29, 0.717) is 37.6 Å². The number of likely N-dealkylation sites (tertiary alicyclic amines) is 1. The van der Waals surface area contributed by atoms with Gasteiger partial charge in [0.2, 0.25) is 0 Å². The van der Waals surface area contributed by atoms with Crippen LogP contribution in [-0.2, 0) is 25.1 Å². The number of hydrogen-bond acceptors (Lipinski definition) is 5. The molecule has 2 fully saturated rings. The molecule has 2 saturated heterocycles. The maximum absolute atomic E-state index is 12.5. The monoisotopic (exact) mass is 346 g/mol. The van der Waals surface area contributed by atoms with Crippen molar-refractivity contribution in [1.29, 1.82) is 0 Å². The van der Waals surface area contributed by atoms with E-state index in [1.807, 2.05) is 0 Å². The van der Waals surface area contributed by atoms with Crippen LogP contribution in [0.1, 0.15) is 26.2 Å². The van der Waals surface area contributed by atoms with Gasteiger partial charge in [0, 0.05) is 48.5 Å². The van der Waals surface area contributed by atoms with Gasteiger partial charge in [-0.25, -0.2) is 4.79 Å². The summed E-state index contributed by atoms with van der Waals surface area (Å²) < 4.78 is 21.9. The van der Waals surface area contributed by atoms with Crippen molar-refractivity contribution in [3.8, 4) is 0 Å². The van der Waals surface area contributed by atoms with Crippen LogP contribution in [0.15, 0.2) is 0 Å². The number of piperidine rings is 1. The zero-order valence-corrected chi connectivity index (χ0v) is 14.7. The Kier molecular flexibility index (Phi) is 6.41. The summed E-state index contributed by atoms with van der Waals surface area (Å²) in [7, 11) is 0.719. The van der Waals surface area contributed by atoms with Crippen LogP contribution in [0.5, 0.6) is 0 Å². The van der Waals surface area contributed by atoms with E-state index >= 15 is 0 Å². The van der Waals surface area contributed by atoms with Gasteiger partial charge in [0.1, 0.15) is 5.41 Å². The number of carbonyl (C=O) groups is 2. The number of nitrogens with one attached hydrogen (secondary N) is 1. The lowest BCUT2D eigenvalue weighted by Crippen LogP contribution is -2.56. The Bertz CT molecular complexity index is 469. The van der Waals surface area contributed by atoms with E-state index < -0.39 is 16.2 Å². The van der Waals surface area contributed by atoms with E-state index in [1.165, 1.54) is 0 Å². The number of hydrogen-bond donors (Lipinski definition) is 1. The summed E-state index contributed by atoms with van der Waals surface area (Å²) in [6.07, 6.45) is 2.12. The lowest BCUT2D eigenvalue weighted by atomic mass is 9.80. The minimum Gasteiger partial charge on any atom is -0.465 e. The molecule has 0 aliphatic carbocycles. The summed E-state index contributed by atoms with van der Waals surface area (Å²) in [4.78, 5) is 26.5. The molecule has 2 aliphatic rings. The second kappa shape index (κ2) is 8.10. The number of carbonyl (C=O) groups excluding carboxylic acids is 2. The van der Waals surface area contributed by atoms with Gasteiger partial charge in [0.05, 0.1) is 13.2 Å². The van der Waals surface area contributed by atoms with Crippen LogP contribution >= 0.6 is 0 Å². The highest BCUT2D eigenvalue weighted by molar-refractivity contribution is 7.85. The van der Waals surface area contributed by atoms with E-state index in [0.717, 1.165) is 12.8 Å². The van der Waals surface area contributed by atoms with E-state index in [2.05, 4.69) is 5.32 Å². The number of rotatable bonds is 5. The molecule has 0 unspecified atom stereocenters. The standard InChI is InChI=1S/C15H26N2O5S/c1-3-22-13(18)15(11-21-2)6-4-7-17(10-15)14(19)16-12-5-8-23(20)9-12/h12H,3-11H2,1-2H3,(H,16,19)/t12-,15+,23+/m0/s1. The molecule has 0 aromatic carbocycles. The van der Waals surface area contributed by atoms with Crippen molar-refractivity contribution in [1.82, 2.24) is 10.2 Å². The minimum absolute atomic E-state index is 0.0373. The fraction of sp³-hybridized carbons (Fsp3) is 0.867. The zero-order chi connectivity index (χ0) is 16.9. The molecule has 0 bridgehead atoms. The molecule has 8 heteroatoms. The molecule has 2 heterocycles. The quantitative estimate of drug-likeness (QED) is 0.733. The average molecular weight is 346 g/mol. The number of ether oxygens (including phenoxy) is 2. The Balaban J connectivity index is 2.00. The van der Waals surface area contributed by atoms with Crippen LogP contribution in [0.2, 0.25) is 0 Å². The number of urea groups is 1. The largest absolute Gasteiger partial charge is 0.465 e. The molecule has 132 valence electrons. The second-order valence-electron chi connectivity index (χ2n) is 6.20. The van der Waals surface area contributed by atoms with Crippen molar-refractivity contribution >= 4 is 22.8 Å². The summed E-state index contributed by atoms with van der Waals surface area (Å²) in [5.74, 6) is 0.850. The smallest absolute Gasteiger partial charge is 0.317 e. The Morgan fingerprint density at radius 3 is 2.83 bits per heavy atom. The lowest BCUT2D eigenvalue weighted by molar-refractivity contribution is -0.162. The molecule has 2 aliphatic heterocycles. The molecule has 0 spiro atoms. The van der Waals surface area contributed by atoms with E-state index in [4.69, 9.17) is 9.47 Å². The summed E-state index contributed by atoms with van der Waals surface area (Å²) in [5, 5.41) is 2.93. The predicted octanol–water partition coefficient (Wildman–Crippen LogP) is 0.509. The average Bonchev–Trinajstić information content (AvgIpc) is 2.93. The molecule has 7 nitrogen and oxygen atoms in total. The van der Waals surface area contributed by atoms with Crippen molar-refractivity contribution in [2.75, 3.05) is 44.9 Å². The molecule has 2 rings (SSSR count). The minimum atomic E-state index is -0.830. The fourth-order valence-corrected chi connectivity index (χ4v) is 4.67. The molecule has 2 amide bonds. The highest BCUT2D eigenvalue weighted by Crippen LogP contribution is 2.32. The van der Waals surface area contributed by atoms with Crippen molar-refractivity contribution in [2.45, 2.75) is 32.2 Å². The van der Waals surface area contributed by atoms with Gasteiger partial charge in [-0.05, 0) is 26.2 Å². The van der Waals surface area contributed by atoms with Crippen LogP contribution in [0.25, 0.3) is 0 Å². The highest BCUT2D eigenvalue weighted by atomic mass is 32.2. The number of methoxy groups -OCH3 is 1. The Morgan fingerprint density at radius 2 is 2.22 bits per heavy atom. The number of nitrogens with zero attached hydrogens (tertiary/aromatic N) is 1. The molecule has 0 saturated carbocycles. The van der Waals surface area contributed by atoms with Crippen LogP contribution in [-0.4, -0.2) is 72.1 Å².